The van der Waals surface area contributed by atoms with E-state index in [1.807, 2.05) is 42.7 Å². The summed E-state index contributed by atoms with van der Waals surface area (Å²) >= 11 is 13.2. The van der Waals surface area contributed by atoms with Crippen LogP contribution in [0.3, 0.4) is 0 Å². The van der Waals surface area contributed by atoms with E-state index in [2.05, 4.69) is 33.2 Å². The van der Waals surface area contributed by atoms with Crippen LogP contribution in [0, 0.1) is 0 Å². The highest BCUT2D eigenvalue weighted by Gasteiger charge is 2.15. The number of aryl methyl sites for hydroxylation is 1. The lowest BCUT2D eigenvalue weighted by Gasteiger charge is -2.28. The molecule has 0 bridgehead atoms. The molecule has 162 valence electrons. The Hall–Kier alpha value is -2.34. The number of ether oxygens (including phenoxy) is 1. The molecule has 1 aliphatic rings. The zero-order chi connectivity index (χ0) is 21.6. The van der Waals surface area contributed by atoms with Crippen molar-refractivity contribution < 1.29 is 4.74 Å². The molecule has 31 heavy (non-hydrogen) atoms. The maximum Gasteiger partial charge on any atom is 0.157 e. The lowest BCUT2D eigenvalue weighted by atomic mass is 10.1. The molecular weight excluding hydrogens is 431 g/mol. The average molecular weight is 457 g/mol. The predicted molar refractivity (Wildman–Crippen MR) is 127 cm³/mol. The van der Waals surface area contributed by atoms with Crippen molar-refractivity contribution in [3.8, 4) is 16.9 Å². The molecule has 0 atom stereocenters. The lowest BCUT2D eigenvalue weighted by molar-refractivity contribution is 0.304. The van der Waals surface area contributed by atoms with E-state index in [1.165, 1.54) is 0 Å². The van der Waals surface area contributed by atoms with Gasteiger partial charge in [-0.05, 0) is 47.9 Å². The van der Waals surface area contributed by atoms with Crippen LogP contribution in [0.4, 0.5) is 5.82 Å². The van der Waals surface area contributed by atoms with E-state index in [4.69, 9.17) is 27.9 Å². The minimum Gasteiger partial charge on any atom is -0.486 e. The largest absolute Gasteiger partial charge is 0.486 e. The standard InChI is InChI=1S/C24H26Cl2N4O/c1-2-4-22-18(5-3-7-28-22)16-31-24-20(25)13-19(14-21(24)26)17-6-8-29-23(15-17)30-11-9-27-10-12-30/h3,5-8,13-15,27H,2,4,9-12,16H2,1H3. The second-order valence-electron chi connectivity index (χ2n) is 7.56. The summed E-state index contributed by atoms with van der Waals surface area (Å²) in [6.07, 6.45) is 5.59. The van der Waals surface area contributed by atoms with Gasteiger partial charge in [-0.1, -0.05) is 42.6 Å². The van der Waals surface area contributed by atoms with E-state index < -0.39 is 0 Å². The van der Waals surface area contributed by atoms with Gasteiger partial charge in [-0.25, -0.2) is 4.98 Å². The second kappa shape index (κ2) is 10.3. The smallest absolute Gasteiger partial charge is 0.157 e. The average Bonchev–Trinajstić information content (AvgIpc) is 2.80. The molecule has 0 unspecified atom stereocenters. The summed E-state index contributed by atoms with van der Waals surface area (Å²) < 4.78 is 6.02. The number of rotatable bonds is 7. The molecule has 3 aromatic rings. The van der Waals surface area contributed by atoms with Crippen molar-refractivity contribution in [2.45, 2.75) is 26.4 Å². The van der Waals surface area contributed by atoms with Gasteiger partial charge >= 0.3 is 0 Å². The molecule has 0 amide bonds. The number of hydrogen-bond acceptors (Lipinski definition) is 5. The minimum absolute atomic E-state index is 0.379. The first kappa shape index (κ1) is 21.9. The van der Waals surface area contributed by atoms with Crippen molar-refractivity contribution in [3.05, 3.63) is 70.1 Å². The number of nitrogens with zero attached hydrogens (tertiary/aromatic N) is 3. The molecule has 7 heteroatoms. The van der Waals surface area contributed by atoms with Crippen LogP contribution < -0.4 is 15.0 Å². The lowest BCUT2D eigenvalue weighted by Crippen LogP contribution is -2.43. The molecule has 0 saturated carbocycles. The third kappa shape index (κ3) is 5.29. The Kier molecular flexibility index (Phi) is 7.28. The van der Waals surface area contributed by atoms with Crippen molar-refractivity contribution in [2.24, 2.45) is 0 Å². The van der Waals surface area contributed by atoms with Crippen LogP contribution in [0.15, 0.2) is 48.8 Å². The highest BCUT2D eigenvalue weighted by molar-refractivity contribution is 6.37. The van der Waals surface area contributed by atoms with Gasteiger partial charge in [0.05, 0.1) is 10.0 Å². The molecular formula is C24H26Cl2N4O. The van der Waals surface area contributed by atoms with Gasteiger partial charge in [-0.15, -0.1) is 0 Å². The van der Waals surface area contributed by atoms with Crippen molar-refractivity contribution in [1.82, 2.24) is 15.3 Å². The summed E-state index contributed by atoms with van der Waals surface area (Å²) in [7, 11) is 0. The van der Waals surface area contributed by atoms with Gasteiger partial charge < -0.3 is 15.0 Å². The highest BCUT2D eigenvalue weighted by Crippen LogP contribution is 2.38. The van der Waals surface area contributed by atoms with Crippen LogP contribution >= 0.6 is 23.2 Å². The van der Waals surface area contributed by atoms with E-state index >= 15 is 0 Å². The normalized spacial score (nSPS) is 14.0. The molecule has 1 N–H and O–H groups in total. The van der Waals surface area contributed by atoms with Crippen molar-refractivity contribution >= 4 is 29.0 Å². The Balaban J connectivity index is 1.54. The Bertz CT molecular complexity index is 1010. The second-order valence-corrected chi connectivity index (χ2v) is 8.37. The number of anilines is 1. The van der Waals surface area contributed by atoms with Crippen LogP contribution in [0.25, 0.3) is 11.1 Å². The summed E-state index contributed by atoms with van der Waals surface area (Å²) in [5.74, 6) is 1.46. The Morgan fingerprint density at radius 1 is 1.00 bits per heavy atom. The summed E-state index contributed by atoms with van der Waals surface area (Å²) in [4.78, 5) is 11.3. The molecule has 4 rings (SSSR count). The van der Waals surface area contributed by atoms with E-state index in [1.54, 1.807) is 0 Å². The molecule has 1 aliphatic heterocycles. The molecule has 0 spiro atoms. The van der Waals surface area contributed by atoms with E-state index in [-0.39, 0.29) is 0 Å². The molecule has 2 aromatic heterocycles. The van der Waals surface area contributed by atoms with Crippen LogP contribution in [0.2, 0.25) is 10.0 Å². The maximum atomic E-state index is 6.58. The molecule has 0 aliphatic carbocycles. The first-order valence-corrected chi connectivity index (χ1v) is 11.4. The molecule has 1 saturated heterocycles. The maximum absolute atomic E-state index is 6.58. The van der Waals surface area contributed by atoms with Gasteiger partial charge in [0, 0.05) is 49.8 Å². The number of benzene rings is 1. The topological polar surface area (TPSA) is 50.3 Å². The van der Waals surface area contributed by atoms with Crippen molar-refractivity contribution in [1.29, 1.82) is 0 Å². The minimum atomic E-state index is 0.379. The summed E-state index contributed by atoms with van der Waals surface area (Å²) in [5.41, 5.74) is 4.06. The molecule has 3 heterocycles. The molecule has 5 nitrogen and oxygen atoms in total. The van der Waals surface area contributed by atoms with E-state index in [0.29, 0.717) is 22.4 Å². The first-order chi connectivity index (χ1) is 15.2. The zero-order valence-electron chi connectivity index (χ0n) is 17.6. The fourth-order valence-corrected chi connectivity index (χ4v) is 4.34. The number of hydrogen-bond donors (Lipinski definition) is 1. The highest BCUT2D eigenvalue weighted by atomic mass is 35.5. The van der Waals surface area contributed by atoms with E-state index in [9.17, 15) is 0 Å². The first-order valence-electron chi connectivity index (χ1n) is 10.6. The number of pyridine rings is 2. The number of piperazine rings is 1. The molecule has 1 fully saturated rings. The monoisotopic (exact) mass is 456 g/mol. The van der Waals surface area contributed by atoms with Gasteiger partial charge in [-0.2, -0.15) is 0 Å². The fraction of sp³-hybridized carbons (Fsp3) is 0.333. The van der Waals surface area contributed by atoms with Crippen molar-refractivity contribution in [2.75, 3.05) is 31.1 Å². The van der Waals surface area contributed by atoms with Gasteiger partial charge in [0.25, 0.3) is 0 Å². The Labute approximate surface area is 193 Å². The fourth-order valence-electron chi connectivity index (χ4n) is 3.74. The van der Waals surface area contributed by atoms with Crippen LogP contribution in [0.1, 0.15) is 24.6 Å². The number of aromatic nitrogens is 2. The van der Waals surface area contributed by atoms with Gasteiger partial charge in [-0.3, -0.25) is 4.98 Å². The number of nitrogens with one attached hydrogen (secondary N) is 1. The van der Waals surface area contributed by atoms with Crippen molar-refractivity contribution in [3.63, 3.8) is 0 Å². The van der Waals surface area contributed by atoms with Gasteiger partial charge in [0.2, 0.25) is 0 Å². The zero-order valence-corrected chi connectivity index (χ0v) is 19.1. The molecule has 1 aromatic carbocycles. The van der Waals surface area contributed by atoms with E-state index in [0.717, 1.165) is 67.2 Å². The summed E-state index contributed by atoms with van der Waals surface area (Å²) in [6, 6.07) is 11.8. The third-order valence-electron chi connectivity index (χ3n) is 5.36. The SMILES string of the molecule is CCCc1ncccc1COc1c(Cl)cc(-c2ccnc(N3CCNCC3)c2)cc1Cl. The van der Waals surface area contributed by atoms with Gasteiger partial charge in [0.1, 0.15) is 12.4 Å². The predicted octanol–water partition coefficient (Wildman–Crippen LogP) is 5.39. The quantitative estimate of drug-likeness (QED) is 0.516. The third-order valence-corrected chi connectivity index (χ3v) is 5.92. The summed E-state index contributed by atoms with van der Waals surface area (Å²) in [5, 5.41) is 4.34. The summed E-state index contributed by atoms with van der Waals surface area (Å²) in [6.45, 7) is 6.33. The number of halogens is 2. The van der Waals surface area contributed by atoms with Gasteiger partial charge in [0.15, 0.2) is 5.75 Å². The Morgan fingerprint density at radius 3 is 2.52 bits per heavy atom. The van der Waals surface area contributed by atoms with Crippen LogP contribution in [-0.4, -0.2) is 36.1 Å². The van der Waals surface area contributed by atoms with Crippen LogP contribution in [0.5, 0.6) is 5.75 Å². The van der Waals surface area contributed by atoms with Crippen LogP contribution in [-0.2, 0) is 13.0 Å². The molecule has 0 radical (unpaired) electrons. The Morgan fingerprint density at radius 2 is 1.77 bits per heavy atom.